The topological polar surface area (TPSA) is 15.3 Å². The van der Waals surface area contributed by atoms with Crippen LogP contribution < -0.4 is 5.32 Å². The van der Waals surface area contributed by atoms with Crippen molar-refractivity contribution in [3.8, 4) is 0 Å². The molecule has 21 heavy (non-hydrogen) atoms. The summed E-state index contributed by atoms with van der Waals surface area (Å²) in [6.45, 7) is 2.00. The van der Waals surface area contributed by atoms with Crippen LogP contribution in [0.15, 0.2) is 53.0 Å². The predicted octanol–water partition coefficient (Wildman–Crippen LogP) is 4.31. The second-order valence-electron chi connectivity index (χ2n) is 5.78. The van der Waals surface area contributed by atoms with Crippen LogP contribution in [0.4, 0.5) is 5.69 Å². The third-order valence-electron chi connectivity index (χ3n) is 4.24. The summed E-state index contributed by atoms with van der Waals surface area (Å²) in [6, 6.07) is 17.8. The highest BCUT2D eigenvalue weighted by Crippen LogP contribution is 2.23. The van der Waals surface area contributed by atoms with Crippen LogP contribution in [0.25, 0.3) is 0 Å². The lowest BCUT2D eigenvalue weighted by Crippen LogP contribution is -2.36. The van der Waals surface area contributed by atoms with Gasteiger partial charge in [0.2, 0.25) is 0 Å². The van der Waals surface area contributed by atoms with Crippen molar-refractivity contribution in [3.05, 3.63) is 64.1 Å². The van der Waals surface area contributed by atoms with E-state index in [9.17, 15) is 0 Å². The molecule has 1 aliphatic heterocycles. The Bertz CT molecular complexity index is 585. The fraction of sp³-hybridized carbons (Fsp3) is 0.333. The maximum atomic E-state index is 3.60. The molecule has 2 aromatic carbocycles. The quantitative estimate of drug-likeness (QED) is 0.892. The summed E-state index contributed by atoms with van der Waals surface area (Å²) in [5.41, 5.74) is 4.10. The second kappa shape index (κ2) is 6.63. The molecule has 0 aliphatic carbocycles. The number of anilines is 1. The minimum Gasteiger partial charge on any atom is -0.383 e. The molecule has 0 spiro atoms. The average molecular weight is 345 g/mol. The molecule has 3 rings (SSSR count). The van der Waals surface area contributed by atoms with Gasteiger partial charge < -0.3 is 5.32 Å². The van der Waals surface area contributed by atoms with Crippen LogP contribution in [0, 0.1) is 0 Å². The highest BCUT2D eigenvalue weighted by atomic mass is 79.9. The lowest BCUT2D eigenvalue weighted by Gasteiger charge is -2.27. The van der Waals surface area contributed by atoms with Gasteiger partial charge >= 0.3 is 0 Å². The van der Waals surface area contributed by atoms with E-state index in [4.69, 9.17) is 0 Å². The normalized spacial score (nSPS) is 18.0. The molecule has 0 saturated heterocycles. The maximum Gasteiger partial charge on any atom is 0.0373 e. The average Bonchev–Trinajstić information content (AvgIpc) is 2.70. The Morgan fingerprint density at radius 2 is 2.05 bits per heavy atom. The van der Waals surface area contributed by atoms with Crippen LogP contribution in [0.1, 0.15) is 17.5 Å². The van der Waals surface area contributed by atoms with Crippen molar-refractivity contribution in [3.63, 3.8) is 0 Å². The molecule has 0 saturated carbocycles. The molecule has 1 aliphatic rings. The van der Waals surface area contributed by atoms with Crippen molar-refractivity contribution in [2.75, 3.05) is 18.9 Å². The molecule has 0 aromatic heterocycles. The van der Waals surface area contributed by atoms with E-state index in [0.29, 0.717) is 6.04 Å². The van der Waals surface area contributed by atoms with E-state index in [-0.39, 0.29) is 0 Å². The predicted molar refractivity (Wildman–Crippen MR) is 92.6 cm³/mol. The Balaban J connectivity index is 1.65. The Morgan fingerprint density at radius 3 is 2.90 bits per heavy atom. The summed E-state index contributed by atoms with van der Waals surface area (Å²) in [5.74, 6) is 0. The SMILES string of the molecule is CN(Cc1cccc(Br)c1)C1CCc2ccccc2NC1. The summed E-state index contributed by atoms with van der Waals surface area (Å²) in [4.78, 5) is 2.46. The Morgan fingerprint density at radius 1 is 1.19 bits per heavy atom. The maximum absolute atomic E-state index is 3.60. The number of benzene rings is 2. The molecule has 0 bridgehead atoms. The van der Waals surface area contributed by atoms with Crippen LogP contribution >= 0.6 is 15.9 Å². The van der Waals surface area contributed by atoms with Crippen molar-refractivity contribution < 1.29 is 0 Å². The van der Waals surface area contributed by atoms with Gasteiger partial charge in [0.05, 0.1) is 0 Å². The van der Waals surface area contributed by atoms with Crippen molar-refractivity contribution in [1.29, 1.82) is 0 Å². The van der Waals surface area contributed by atoms with Crippen LogP contribution in [-0.2, 0) is 13.0 Å². The molecule has 3 heteroatoms. The third kappa shape index (κ3) is 3.66. The van der Waals surface area contributed by atoms with Crippen LogP contribution in [-0.4, -0.2) is 24.5 Å². The van der Waals surface area contributed by atoms with E-state index in [1.807, 2.05) is 0 Å². The summed E-state index contributed by atoms with van der Waals surface area (Å²) in [6.07, 6.45) is 2.35. The minimum absolute atomic E-state index is 0.566. The molecule has 1 N–H and O–H groups in total. The van der Waals surface area contributed by atoms with Crippen molar-refractivity contribution in [2.45, 2.75) is 25.4 Å². The lowest BCUT2D eigenvalue weighted by atomic mass is 10.1. The number of para-hydroxylation sites is 1. The molecular formula is C18H21BrN2. The van der Waals surface area contributed by atoms with E-state index >= 15 is 0 Å². The Kier molecular flexibility index (Phi) is 4.61. The molecule has 1 heterocycles. The summed E-state index contributed by atoms with van der Waals surface area (Å²) < 4.78 is 1.15. The fourth-order valence-electron chi connectivity index (χ4n) is 2.99. The Hall–Kier alpha value is -1.32. The summed E-state index contributed by atoms with van der Waals surface area (Å²) in [7, 11) is 2.23. The zero-order chi connectivity index (χ0) is 14.7. The molecule has 1 atom stereocenters. The highest BCUT2D eigenvalue weighted by molar-refractivity contribution is 9.10. The zero-order valence-electron chi connectivity index (χ0n) is 12.3. The van der Waals surface area contributed by atoms with Gasteiger partial charge in [0.1, 0.15) is 0 Å². The van der Waals surface area contributed by atoms with Gasteiger partial charge in [-0.15, -0.1) is 0 Å². The molecule has 110 valence electrons. The van der Waals surface area contributed by atoms with Crippen LogP contribution in [0.3, 0.4) is 0 Å². The smallest absolute Gasteiger partial charge is 0.0373 e. The highest BCUT2D eigenvalue weighted by Gasteiger charge is 2.19. The van der Waals surface area contributed by atoms with E-state index < -0.39 is 0 Å². The van der Waals surface area contributed by atoms with Gasteiger partial charge in [-0.1, -0.05) is 46.3 Å². The first kappa shape index (κ1) is 14.6. The molecule has 0 fully saturated rings. The van der Waals surface area contributed by atoms with Crippen molar-refractivity contribution in [2.24, 2.45) is 0 Å². The largest absolute Gasteiger partial charge is 0.383 e. The van der Waals surface area contributed by atoms with Gasteiger partial charge in [-0.05, 0) is 49.2 Å². The number of halogens is 1. The van der Waals surface area contributed by atoms with Gasteiger partial charge in [-0.2, -0.15) is 0 Å². The van der Waals surface area contributed by atoms with Gasteiger partial charge in [0.15, 0.2) is 0 Å². The summed E-state index contributed by atoms with van der Waals surface area (Å²) >= 11 is 3.55. The number of fused-ring (bicyclic) bond motifs is 1. The number of hydrogen-bond donors (Lipinski definition) is 1. The number of nitrogens with one attached hydrogen (secondary N) is 1. The molecule has 2 aromatic rings. The van der Waals surface area contributed by atoms with Crippen LogP contribution in [0.5, 0.6) is 0 Å². The molecule has 1 unspecified atom stereocenters. The van der Waals surface area contributed by atoms with E-state index in [0.717, 1.165) is 24.0 Å². The van der Waals surface area contributed by atoms with Gasteiger partial charge in [-0.25, -0.2) is 0 Å². The zero-order valence-corrected chi connectivity index (χ0v) is 13.9. The first-order valence-corrected chi connectivity index (χ1v) is 8.28. The lowest BCUT2D eigenvalue weighted by molar-refractivity contribution is 0.233. The number of aryl methyl sites for hydroxylation is 1. The Labute approximate surface area is 135 Å². The second-order valence-corrected chi connectivity index (χ2v) is 6.69. The number of likely N-dealkylation sites (N-methyl/N-ethyl adjacent to an activating group) is 1. The molecule has 0 radical (unpaired) electrons. The first-order valence-electron chi connectivity index (χ1n) is 7.49. The third-order valence-corrected chi connectivity index (χ3v) is 4.73. The summed E-state index contributed by atoms with van der Waals surface area (Å²) in [5, 5.41) is 3.60. The fourth-order valence-corrected chi connectivity index (χ4v) is 3.44. The minimum atomic E-state index is 0.566. The van der Waals surface area contributed by atoms with E-state index in [1.54, 1.807) is 0 Å². The monoisotopic (exact) mass is 344 g/mol. The molecule has 2 nitrogen and oxygen atoms in total. The van der Waals surface area contributed by atoms with Gasteiger partial charge in [0.25, 0.3) is 0 Å². The van der Waals surface area contributed by atoms with E-state index in [2.05, 4.69) is 81.7 Å². The van der Waals surface area contributed by atoms with Crippen LogP contribution in [0.2, 0.25) is 0 Å². The molecular weight excluding hydrogens is 324 g/mol. The first-order chi connectivity index (χ1) is 10.2. The van der Waals surface area contributed by atoms with Gasteiger partial charge in [-0.3, -0.25) is 4.90 Å². The molecule has 0 amide bonds. The number of rotatable bonds is 3. The van der Waals surface area contributed by atoms with Crippen molar-refractivity contribution in [1.82, 2.24) is 4.90 Å². The van der Waals surface area contributed by atoms with E-state index in [1.165, 1.54) is 23.2 Å². The van der Waals surface area contributed by atoms with Crippen molar-refractivity contribution >= 4 is 21.6 Å². The number of nitrogens with zero attached hydrogens (tertiary/aromatic N) is 1. The van der Waals surface area contributed by atoms with Gasteiger partial charge in [0, 0.05) is 29.3 Å². The standard InChI is InChI=1S/C18H21BrN2/c1-21(13-14-5-4-7-16(19)11-14)17-10-9-15-6-2-3-8-18(15)20-12-17/h2-8,11,17,20H,9-10,12-13H2,1H3. The number of hydrogen-bond acceptors (Lipinski definition) is 2.